The summed E-state index contributed by atoms with van der Waals surface area (Å²) in [4.78, 5) is -1.13. The largest absolute Gasteiger partial charge is 0.537 e. The lowest BCUT2D eigenvalue weighted by Gasteiger charge is -2.18. The highest BCUT2D eigenvalue weighted by atomic mass is 32.2. The van der Waals surface area contributed by atoms with Gasteiger partial charge in [0.25, 0.3) is 10.1 Å². The van der Waals surface area contributed by atoms with Crippen LogP contribution in [-0.4, -0.2) is 43.4 Å². The van der Waals surface area contributed by atoms with Crippen molar-refractivity contribution in [2.45, 2.75) is 23.1 Å². The third kappa shape index (κ3) is 7.17. The van der Waals surface area contributed by atoms with Crippen LogP contribution in [0.15, 0.2) is 29.2 Å². The van der Waals surface area contributed by atoms with Crippen molar-refractivity contribution in [1.29, 1.82) is 0 Å². The van der Waals surface area contributed by atoms with Gasteiger partial charge in [-0.05, 0) is 12.1 Å². The van der Waals surface area contributed by atoms with Gasteiger partial charge < -0.3 is 0 Å². The summed E-state index contributed by atoms with van der Waals surface area (Å²) in [5, 5.41) is 0. The second kappa shape index (κ2) is 7.75. The molecule has 0 saturated heterocycles. The molecular formula is C10H8F6O9S3. The van der Waals surface area contributed by atoms with Gasteiger partial charge in [0.2, 0.25) is 6.29 Å². The standard InChI is InChI=1S/C10H8F6O9S3/c1-26(17,18)23-8(24-28(21,22)10(14,15)16)6-2-4-7(5-3-6)27(19,20)25-9(11,12)13/h2-5,8H,1H3. The molecule has 0 aliphatic heterocycles. The molecule has 1 aromatic rings. The minimum Gasteiger partial charge on any atom is -0.232 e. The quantitative estimate of drug-likeness (QED) is 0.247. The molecule has 0 aromatic heterocycles. The van der Waals surface area contributed by atoms with Gasteiger partial charge in [-0.2, -0.15) is 42.6 Å². The summed E-state index contributed by atoms with van der Waals surface area (Å²) in [7, 11) is -16.3. The predicted octanol–water partition coefficient (Wildman–Crippen LogP) is 1.75. The minimum atomic E-state index is -6.36. The first kappa shape index (κ1) is 24.6. The van der Waals surface area contributed by atoms with Crippen molar-refractivity contribution in [2.24, 2.45) is 0 Å². The van der Waals surface area contributed by atoms with E-state index in [-0.39, 0.29) is 0 Å². The number of hydrogen-bond acceptors (Lipinski definition) is 9. The van der Waals surface area contributed by atoms with E-state index in [1.54, 1.807) is 0 Å². The molecule has 0 aliphatic rings. The summed E-state index contributed by atoms with van der Waals surface area (Å²) in [5.74, 6) is 0. The van der Waals surface area contributed by atoms with E-state index >= 15 is 0 Å². The van der Waals surface area contributed by atoms with Gasteiger partial charge in [-0.15, -0.1) is 13.2 Å². The minimum absolute atomic E-state index is 0.333. The Labute approximate surface area is 154 Å². The van der Waals surface area contributed by atoms with E-state index in [0.29, 0.717) is 30.5 Å². The van der Waals surface area contributed by atoms with Crippen LogP contribution < -0.4 is 0 Å². The van der Waals surface area contributed by atoms with E-state index in [2.05, 4.69) is 12.5 Å². The van der Waals surface area contributed by atoms with Crippen LogP contribution in [0.5, 0.6) is 0 Å². The first-order valence-electron chi connectivity index (χ1n) is 6.24. The van der Waals surface area contributed by atoms with Crippen molar-refractivity contribution in [2.75, 3.05) is 6.26 Å². The molecule has 1 rings (SSSR count). The van der Waals surface area contributed by atoms with Crippen molar-refractivity contribution in [3.05, 3.63) is 29.8 Å². The molecule has 0 amide bonds. The van der Waals surface area contributed by atoms with E-state index < -0.39 is 59.0 Å². The van der Waals surface area contributed by atoms with Gasteiger partial charge >= 0.3 is 32.1 Å². The molecule has 0 fully saturated rings. The van der Waals surface area contributed by atoms with Crippen molar-refractivity contribution >= 4 is 30.4 Å². The third-order valence-electron chi connectivity index (χ3n) is 2.40. The van der Waals surface area contributed by atoms with Gasteiger partial charge in [0.05, 0.1) is 11.2 Å². The maximum Gasteiger partial charge on any atom is 0.537 e. The number of alkyl halides is 6. The Bertz CT molecular complexity index is 1010. The fourth-order valence-electron chi connectivity index (χ4n) is 1.42. The molecule has 0 spiro atoms. The molecule has 0 aliphatic carbocycles. The van der Waals surface area contributed by atoms with Crippen LogP contribution in [0.4, 0.5) is 26.3 Å². The normalized spacial score (nSPS) is 15.4. The van der Waals surface area contributed by atoms with Gasteiger partial charge in [0.15, 0.2) is 0 Å². The Morgan fingerprint density at radius 1 is 0.821 bits per heavy atom. The van der Waals surface area contributed by atoms with Crippen LogP contribution in [0.3, 0.4) is 0 Å². The lowest BCUT2D eigenvalue weighted by Crippen LogP contribution is -2.29. The molecule has 1 atom stereocenters. The smallest absolute Gasteiger partial charge is 0.232 e. The summed E-state index contributed by atoms with van der Waals surface area (Å²) >= 11 is 0. The molecule has 0 saturated carbocycles. The highest BCUT2D eigenvalue weighted by Crippen LogP contribution is 2.32. The van der Waals surface area contributed by atoms with E-state index in [1.807, 2.05) is 0 Å². The third-order valence-corrected chi connectivity index (χ3v) is 5.18. The molecule has 0 bridgehead atoms. The van der Waals surface area contributed by atoms with Crippen molar-refractivity contribution < 1.29 is 64.1 Å². The van der Waals surface area contributed by atoms with Crippen molar-refractivity contribution in [1.82, 2.24) is 0 Å². The van der Waals surface area contributed by atoms with Gasteiger partial charge in [-0.25, -0.2) is 8.37 Å². The molecule has 0 N–H and O–H groups in total. The SMILES string of the molecule is CS(=O)(=O)OC(OS(=O)(=O)C(F)(F)F)c1ccc(S(=O)(=O)OC(F)(F)F)cc1. The van der Waals surface area contributed by atoms with Crippen LogP contribution in [0.25, 0.3) is 0 Å². The highest BCUT2D eigenvalue weighted by Gasteiger charge is 2.49. The molecule has 1 unspecified atom stereocenters. The fraction of sp³-hybridized carbons (Fsp3) is 0.400. The van der Waals surface area contributed by atoms with E-state index in [1.165, 1.54) is 0 Å². The summed E-state index contributed by atoms with van der Waals surface area (Å²) in [5.41, 5.74) is -6.75. The molecular weight excluding hydrogens is 474 g/mol. The lowest BCUT2D eigenvalue weighted by molar-refractivity contribution is -0.271. The zero-order chi connectivity index (χ0) is 22.2. The molecule has 0 radical (unpaired) electrons. The number of benzene rings is 1. The zero-order valence-corrected chi connectivity index (χ0v) is 15.5. The second-order valence-corrected chi connectivity index (χ2v) is 9.39. The van der Waals surface area contributed by atoms with E-state index in [9.17, 15) is 51.6 Å². The van der Waals surface area contributed by atoms with Crippen molar-refractivity contribution in [3.8, 4) is 0 Å². The lowest BCUT2D eigenvalue weighted by atomic mass is 10.2. The zero-order valence-electron chi connectivity index (χ0n) is 13.1. The molecule has 0 heterocycles. The van der Waals surface area contributed by atoms with Crippen LogP contribution in [-0.2, 0) is 42.9 Å². The fourth-order valence-corrected chi connectivity index (χ4v) is 3.24. The average molecular weight is 482 g/mol. The Hall–Kier alpha value is -1.47. The Morgan fingerprint density at radius 2 is 1.29 bits per heavy atom. The van der Waals surface area contributed by atoms with Crippen LogP contribution in [0.1, 0.15) is 11.9 Å². The molecule has 162 valence electrons. The monoisotopic (exact) mass is 482 g/mol. The molecule has 28 heavy (non-hydrogen) atoms. The maximum absolute atomic E-state index is 12.4. The molecule has 18 heteroatoms. The summed E-state index contributed by atoms with van der Waals surface area (Å²) in [6.45, 7) is 0. The molecule has 9 nitrogen and oxygen atoms in total. The Morgan fingerprint density at radius 3 is 1.64 bits per heavy atom. The Kier molecular flexibility index (Phi) is 6.80. The maximum atomic E-state index is 12.4. The Balaban J connectivity index is 3.30. The van der Waals surface area contributed by atoms with E-state index in [0.717, 1.165) is 0 Å². The van der Waals surface area contributed by atoms with Crippen LogP contribution >= 0.6 is 0 Å². The molecule has 1 aromatic carbocycles. The number of halogens is 6. The highest BCUT2D eigenvalue weighted by molar-refractivity contribution is 7.87. The van der Waals surface area contributed by atoms with Crippen LogP contribution in [0, 0.1) is 0 Å². The summed E-state index contributed by atoms with van der Waals surface area (Å²) < 4.78 is 151. The predicted molar refractivity (Wildman–Crippen MR) is 75.5 cm³/mol. The van der Waals surface area contributed by atoms with Crippen LogP contribution in [0.2, 0.25) is 0 Å². The van der Waals surface area contributed by atoms with Gasteiger partial charge in [-0.3, -0.25) is 0 Å². The summed E-state index contributed by atoms with van der Waals surface area (Å²) in [6.07, 6.45) is -8.00. The summed E-state index contributed by atoms with van der Waals surface area (Å²) in [6, 6.07) is 1.62. The number of hydrogen-bond donors (Lipinski definition) is 0. The van der Waals surface area contributed by atoms with Crippen molar-refractivity contribution in [3.63, 3.8) is 0 Å². The van der Waals surface area contributed by atoms with Gasteiger partial charge in [0, 0.05) is 5.56 Å². The van der Waals surface area contributed by atoms with E-state index in [4.69, 9.17) is 0 Å². The first-order chi connectivity index (χ1) is 12.2. The second-order valence-electron chi connectivity index (χ2n) is 4.68. The van der Waals surface area contributed by atoms with Gasteiger partial charge in [-0.1, -0.05) is 12.1 Å². The topological polar surface area (TPSA) is 130 Å². The first-order valence-corrected chi connectivity index (χ1v) is 10.9. The average Bonchev–Trinajstić information content (AvgIpc) is 2.41. The van der Waals surface area contributed by atoms with Gasteiger partial charge in [0.1, 0.15) is 0 Å². The number of rotatable bonds is 7.